The molecule has 2 atom stereocenters. The van der Waals surface area contributed by atoms with Gasteiger partial charge in [0.1, 0.15) is 22.6 Å². The van der Waals surface area contributed by atoms with Gasteiger partial charge in [0.2, 0.25) is 10.0 Å². The van der Waals surface area contributed by atoms with Gasteiger partial charge >= 0.3 is 0 Å². The van der Waals surface area contributed by atoms with Crippen molar-refractivity contribution in [1.29, 1.82) is 0 Å². The number of amides is 1. The number of rotatable bonds is 4. The van der Waals surface area contributed by atoms with E-state index in [9.17, 15) is 31.5 Å². The topological polar surface area (TPSA) is 95.9 Å². The van der Waals surface area contributed by atoms with E-state index in [1.54, 1.807) is 0 Å². The van der Waals surface area contributed by atoms with Gasteiger partial charge in [-0.05, 0) is 36.4 Å². The maximum atomic E-state index is 14.4. The third-order valence-electron chi connectivity index (χ3n) is 4.56. The largest absolute Gasteiger partial charge is 0.389 e. The first-order valence-corrected chi connectivity index (χ1v) is 10.9. The molecule has 0 aromatic heterocycles. The fourth-order valence-electron chi connectivity index (χ4n) is 2.86. The summed E-state index contributed by atoms with van der Waals surface area (Å²) in [5.41, 5.74) is -0.0595. The lowest BCUT2D eigenvalue weighted by atomic mass is 10.2. The van der Waals surface area contributed by atoms with Crippen molar-refractivity contribution >= 4 is 33.2 Å². The van der Waals surface area contributed by atoms with E-state index in [1.165, 1.54) is 6.07 Å². The van der Waals surface area contributed by atoms with E-state index in [0.717, 1.165) is 30.3 Å². The Hall–Kier alpha value is -2.18. The number of hydrogen-bond donors (Lipinski definition) is 2. The van der Waals surface area contributed by atoms with Gasteiger partial charge in [0, 0.05) is 24.3 Å². The van der Waals surface area contributed by atoms with Crippen LogP contribution in [0, 0.1) is 11.6 Å². The summed E-state index contributed by atoms with van der Waals surface area (Å²) in [7, 11) is -4.53. The summed E-state index contributed by atoms with van der Waals surface area (Å²) in [6.07, 6.45) is -3.46. The lowest BCUT2D eigenvalue weighted by molar-refractivity contribution is -0.0206. The number of nitrogens with zero attached hydrogens (tertiary/aromatic N) is 1. The van der Waals surface area contributed by atoms with Crippen LogP contribution in [0.25, 0.3) is 0 Å². The molecule has 1 heterocycles. The molecule has 2 aromatic rings. The van der Waals surface area contributed by atoms with E-state index < -0.39 is 51.3 Å². The summed E-state index contributed by atoms with van der Waals surface area (Å²) in [6, 6.07) is 6.13. The first kappa shape index (κ1) is 23.5. The van der Waals surface area contributed by atoms with E-state index in [0.29, 0.717) is 4.31 Å². The molecule has 0 radical (unpaired) electrons. The monoisotopic (exact) mass is 478 g/mol. The second-order valence-corrected chi connectivity index (χ2v) is 9.06. The van der Waals surface area contributed by atoms with Gasteiger partial charge in [-0.1, -0.05) is 11.6 Å². The molecule has 1 saturated heterocycles. The molecular weight excluding hydrogens is 461 g/mol. The molecule has 168 valence electrons. The number of hydrogen-bond acceptors (Lipinski definition) is 5. The molecule has 0 saturated carbocycles. The van der Waals surface area contributed by atoms with Crippen molar-refractivity contribution in [3.63, 3.8) is 0 Å². The molecule has 31 heavy (non-hydrogen) atoms. The number of nitrogens with one attached hydrogen (secondary N) is 1. The minimum atomic E-state index is -4.53. The highest BCUT2D eigenvalue weighted by molar-refractivity contribution is 7.89. The van der Waals surface area contributed by atoms with Crippen LogP contribution in [-0.4, -0.2) is 62.3 Å². The molecular formula is C19H18ClF3N2O5S. The number of aliphatic hydroxyl groups is 1. The lowest BCUT2D eigenvalue weighted by Gasteiger charge is -2.28. The molecule has 3 rings (SSSR count). The van der Waals surface area contributed by atoms with Crippen molar-refractivity contribution in [2.75, 3.05) is 31.6 Å². The van der Waals surface area contributed by atoms with Crippen molar-refractivity contribution in [1.82, 2.24) is 4.31 Å². The zero-order chi connectivity index (χ0) is 22.8. The Labute approximate surface area is 181 Å². The number of alkyl halides is 1. The van der Waals surface area contributed by atoms with Crippen LogP contribution < -0.4 is 5.32 Å². The minimum Gasteiger partial charge on any atom is -0.389 e. The zero-order valence-corrected chi connectivity index (χ0v) is 17.5. The van der Waals surface area contributed by atoms with Crippen molar-refractivity contribution < 1.29 is 36.2 Å². The first-order valence-electron chi connectivity index (χ1n) is 9.05. The number of carbonyl (C=O) groups is 1. The Morgan fingerprint density at radius 2 is 1.90 bits per heavy atom. The molecule has 0 aliphatic carbocycles. The highest BCUT2D eigenvalue weighted by atomic mass is 35.5. The van der Waals surface area contributed by atoms with Crippen LogP contribution in [0.1, 0.15) is 10.4 Å². The molecule has 0 unspecified atom stereocenters. The number of β-amino-alcohol motifs (C(OH)–C–C–N with tert-alkyl or cyclic N) is 1. The Balaban J connectivity index is 1.88. The molecule has 1 amide bonds. The molecule has 1 aliphatic heterocycles. The molecule has 0 bridgehead atoms. The number of carbonyl (C=O) groups excluding carboxylic acids is 1. The van der Waals surface area contributed by atoms with Crippen molar-refractivity contribution in [3.05, 3.63) is 58.6 Å². The van der Waals surface area contributed by atoms with E-state index in [1.807, 2.05) is 0 Å². The van der Waals surface area contributed by atoms with Gasteiger partial charge in [0.15, 0.2) is 6.17 Å². The van der Waals surface area contributed by atoms with E-state index in [4.69, 9.17) is 16.3 Å². The number of aliphatic hydroxyl groups excluding tert-OH is 1. The Morgan fingerprint density at radius 3 is 2.61 bits per heavy atom. The van der Waals surface area contributed by atoms with E-state index in [-0.39, 0.29) is 36.0 Å². The number of sulfonamides is 1. The Kier molecular flexibility index (Phi) is 7.22. The molecule has 1 aliphatic rings. The van der Waals surface area contributed by atoms with Gasteiger partial charge in [-0.2, -0.15) is 4.31 Å². The Morgan fingerprint density at radius 1 is 1.19 bits per heavy atom. The first-order chi connectivity index (χ1) is 14.6. The Bertz CT molecular complexity index is 1090. The average Bonchev–Trinajstić information content (AvgIpc) is 2.71. The smallest absolute Gasteiger partial charge is 0.255 e. The van der Waals surface area contributed by atoms with Gasteiger partial charge in [0.05, 0.1) is 18.2 Å². The lowest BCUT2D eigenvalue weighted by Crippen LogP contribution is -2.46. The normalized spacial score (nSPS) is 20.7. The minimum absolute atomic E-state index is 0.142. The van der Waals surface area contributed by atoms with Crippen LogP contribution in [0.5, 0.6) is 0 Å². The fraction of sp³-hybridized carbons (Fsp3) is 0.316. The summed E-state index contributed by atoms with van der Waals surface area (Å²) in [5.74, 6) is -2.61. The second-order valence-electron chi connectivity index (χ2n) is 6.75. The molecule has 1 fully saturated rings. The van der Waals surface area contributed by atoms with Crippen LogP contribution >= 0.6 is 11.6 Å². The zero-order valence-electron chi connectivity index (χ0n) is 15.9. The third-order valence-corrected chi connectivity index (χ3v) is 6.73. The number of benzene rings is 2. The number of anilines is 1. The van der Waals surface area contributed by atoms with Gasteiger partial charge in [-0.15, -0.1) is 0 Å². The van der Waals surface area contributed by atoms with Crippen molar-refractivity contribution in [2.24, 2.45) is 0 Å². The van der Waals surface area contributed by atoms with Crippen LogP contribution in [0.3, 0.4) is 0 Å². The molecule has 0 spiro atoms. The SMILES string of the molecule is O=C(Nc1ccc(F)c(Cl)c1)c1ccc(F)c(S(=O)(=O)N2CCOC[C@H](F)[C@@H](O)C2)c1. The van der Waals surface area contributed by atoms with Gasteiger partial charge < -0.3 is 15.2 Å². The van der Waals surface area contributed by atoms with Gasteiger partial charge in [0.25, 0.3) is 5.91 Å². The second kappa shape index (κ2) is 9.53. The summed E-state index contributed by atoms with van der Waals surface area (Å²) >= 11 is 5.66. The van der Waals surface area contributed by atoms with Gasteiger partial charge in [-0.25, -0.2) is 21.6 Å². The van der Waals surface area contributed by atoms with Crippen molar-refractivity contribution in [3.8, 4) is 0 Å². The van der Waals surface area contributed by atoms with Crippen LogP contribution in [-0.2, 0) is 14.8 Å². The van der Waals surface area contributed by atoms with E-state index in [2.05, 4.69) is 5.32 Å². The number of halogens is 4. The quantitative estimate of drug-likeness (QED) is 0.704. The van der Waals surface area contributed by atoms with E-state index >= 15 is 0 Å². The van der Waals surface area contributed by atoms with Crippen LogP contribution in [0.2, 0.25) is 5.02 Å². The summed E-state index contributed by atoms with van der Waals surface area (Å²) in [4.78, 5) is 11.7. The predicted molar refractivity (Wildman–Crippen MR) is 106 cm³/mol. The number of ether oxygens (including phenoxy) is 1. The highest BCUT2D eigenvalue weighted by Crippen LogP contribution is 2.24. The highest BCUT2D eigenvalue weighted by Gasteiger charge is 2.33. The fourth-order valence-corrected chi connectivity index (χ4v) is 4.58. The van der Waals surface area contributed by atoms with Crippen LogP contribution in [0.4, 0.5) is 18.9 Å². The summed E-state index contributed by atoms with van der Waals surface area (Å²) in [6.45, 7) is -1.38. The predicted octanol–water partition coefficient (Wildman–Crippen LogP) is 2.59. The average molecular weight is 479 g/mol. The maximum absolute atomic E-state index is 14.4. The van der Waals surface area contributed by atoms with Crippen LogP contribution in [0.15, 0.2) is 41.3 Å². The third kappa shape index (κ3) is 5.36. The van der Waals surface area contributed by atoms with Crippen molar-refractivity contribution in [2.45, 2.75) is 17.2 Å². The molecule has 12 heteroatoms. The molecule has 7 nitrogen and oxygen atoms in total. The standard InChI is InChI=1S/C19H18ClF3N2O5S/c20-13-8-12(2-4-14(13)21)24-19(27)11-1-3-15(22)18(7-11)31(28,29)25-5-6-30-10-16(23)17(26)9-25/h1-4,7-8,16-17,26H,5-6,9-10H2,(H,24,27)/t16-,17-/m0/s1. The molecule has 2 N–H and O–H groups in total. The summed E-state index contributed by atoms with van der Waals surface area (Å²) in [5, 5.41) is 12.0. The summed E-state index contributed by atoms with van der Waals surface area (Å²) < 4.78 is 72.9. The van der Waals surface area contributed by atoms with Gasteiger partial charge in [-0.3, -0.25) is 4.79 Å². The molecule has 2 aromatic carbocycles. The maximum Gasteiger partial charge on any atom is 0.255 e.